The average molecular weight is 552 g/mol. The summed E-state index contributed by atoms with van der Waals surface area (Å²) >= 11 is 0. The van der Waals surface area contributed by atoms with Crippen LogP contribution in [-0.2, 0) is 4.79 Å². The van der Waals surface area contributed by atoms with Crippen LogP contribution in [-0.4, -0.2) is 49.2 Å². The van der Waals surface area contributed by atoms with Gasteiger partial charge in [0.05, 0.1) is 41.6 Å². The molecule has 1 fully saturated rings. The fourth-order valence-electron chi connectivity index (χ4n) is 5.79. The Morgan fingerprint density at radius 2 is 1.90 bits per heavy atom. The Balaban J connectivity index is 1.42. The lowest BCUT2D eigenvalue weighted by molar-refractivity contribution is -0.119. The van der Waals surface area contributed by atoms with Crippen LogP contribution in [0.15, 0.2) is 42.9 Å². The molecule has 0 spiro atoms. The Bertz CT molecular complexity index is 1630. The number of carbonyl (C=O) groups is 1. The van der Waals surface area contributed by atoms with Crippen LogP contribution in [0.25, 0.3) is 11.0 Å². The first-order valence-electron chi connectivity index (χ1n) is 14.1. The maximum absolute atomic E-state index is 14.0. The van der Waals surface area contributed by atoms with Crippen LogP contribution in [0.3, 0.4) is 0 Å². The van der Waals surface area contributed by atoms with Crippen LogP contribution in [0, 0.1) is 17.2 Å². The first-order valence-corrected chi connectivity index (χ1v) is 14.1. The van der Waals surface area contributed by atoms with Crippen molar-refractivity contribution in [2.45, 2.75) is 71.6 Å². The maximum Gasteiger partial charge on any atom is 0.254 e. The molecule has 4 aromatic rings. The number of anilines is 5. The topological polar surface area (TPSA) is 136 Å². The van der Waals surface area contributed by atoms with Gasteiger partial charge in [0, 0.05) is 11.4 Å². The van der Waals surface area contributed by atoms with Crippen LogP contribution < -0.4 is 19.9 Å². The summed E-state index contributed by atoms with van der Waals surface area (Å²) in [5.74, 6) is 2.16. The van der Waals surface area contributed by atoms with Crippen molar-refractivity contribution in [3.8, 4) is 11.8 Å². The number of hydrogen-bond acceptors (Lipinski definition) is 9. The van der Waals surface area contributed by atoms with Gasteiger partial charge < -0.3 is 15.0 Å². The summed E-state index contributed by atoms with van der Waals surface area (Å²) < 4.78 is 5.82. The quantitative estimate of drug-likeness (QED) is 0.314. The van der Waals surface area contributed by atoms with Crippen molar-refractivity contribution >= 4 is 45.8 Å². The van der Waals surface area contributed by atoms with E-state index in [-0.39, 0.29) is 18.1 Å². The number of rotatable bonds is 6. The van der Waals surface area contributed by atoms with Crippen molar-refractivity contribution in [2.24, 2.45) is 5.92 Å². The van der Waals surface area contributed by atoms with Gasteiger partial charge in [-0.1, -0.05) is 6.92 Å². The van der Waals surface area contributed by atoms with Gasteiger partial charge in [-0.05, 0) is 76.6 Å². The molecule has 1 aromatic carbocycles. The average Bonchev–Trinajstić information content (AvgIpc) is 3.43. The smallest absolute Gasteiger partial charge is 0.254 e. The van der Waals surface area contributed by atoms with Crippen LogP contribution in [0.2, 0.25) is 0 Å². The van der Waals surface area contributed by atoms with E-state index in [2.05, 4.69) is 43.4 Å². The molecule has 0 bridgehead atoms. The fourth-order valence-corrected chi connectivity index (χ4v) is 5.79. The molecule has 2 N–H and O–H groups in total. The molecule has 3 aromatic heterocycles. The highest BCUT2D eigenvalue weighted by Crippen LogP contribution is 2.43. The first-order chi connectivity index (χ1) is 19.8. The zero-order chi connectivity index (χ0) is 28.7. The number of carbonyl (C=O) groups excluding carboxylic acids is 1. The van der Waals surface area contributed by atoms with E-state index in [0.717, 1.165) is 36.8 Å². The summed E-state index contributed by atoms with van der Waals surface area (Å²) in [7, 11) is 0. The summed E-state index contributed by atoms with van der Waals surface area (Å²) in [6.45, 7) is 8.04. The minimum absolute atomic E-state index is 0.0826. The fraction of sp³-hybridized carbons (Fsp3) is 0.400. The van der Waals surface area contributed by atoms with E-state index in [1.807, 2.05) is 32.9 Å². The predicted octanol–water partition coefficient (Wildman–Crippen LogP) is 5.60. The highest BCUT2D eigenvalue weighted by molar-refractivity contribution is 6.10. The van der Waals surface area contributed by atoms with E-state index in [0.29, 0.717) is 46.0 Å². The van der Waals surface area contributed by atoms with Gasteiger partial charge in [0.15, 0.2) is 11.5 Å². The van der Waals surface area contributed by atoms with E-state index < -0.39 is 6.04 Å². The molecule has 2 aliphatic rings. The number of pyridine rings is 1. The van der Waals surface area contributed by atoms with Crippen molar-refractivity contribution in [2.75, 3.05) is 15.1 Å². The van der Waals surface area contributed by atoms with E-state index in [4.69, 9.17) is 9.72 Å². The molecule has 11 nitrogen and oxygen atoms in total. The molecule has 0 unspecified atom stereocenters. The third-order valence-electron chi connectivity index (χ3n) is 7.86. The van der Waals surface area contributed by atoms with Crippen molar-refractivity contribution in [3.05, 3.63) is 48.4 Å². The summed E-state index contributed by atoms with van der Waals surface area (Å²) in [6.07, 6.45) is 9.21. The minimum Gasteiger partial charge on any atom is -0.490 e. The van der Waals surface area contributed by atoms with Gasteiger partial charge in [0.1, 0.15) is 23.5 Å². The van der Waals surface area contributed by atoms with Gasteiger partial charge in [-0.15, -0.1) is 0 Å². The largest absolute Gasteiger partial charge is 0.490 e. The predicted molar refractivity (Wildman–Crippen MR) is 157 cm³/mol. The zero-order valence-corrected chi connectivity index (χ0v) is 23.6. The second-order valence-corrected chi connectivity index (χ2v) is 11.2. The van der Waals surface area contributed by atoms with E-state index in [1.165, 1.54) is 0 Å². The molecular formula is C30H33N9O2. The van der Waals surface area contributed by atoms with Crippen molar-refractivity contribution < 1.29 is 9.53 Å². The Kier molecular flexibility index (Phi) is 6.91. The molecule has 1 atom stereocenters. The molecule has 0 radical (unpaired) electrons. The summed E-state index contributed by atoms with van der Waals surface area (Å²) in [6, 6.07) is 9.13. The van der Waals surface area contributed by atoms with Crippen LogP contribution in [0.5, 0.6) is 5.75 Å². The maximum atomic E-state index is 14.0. The number of nitriles is 1. The van der Waals surface area contributed by atoms with Crippen molar-refractivity contribution in [3.63, 3.8) is 0 Å². The second-order valence-electron chi connectivity index (χ2n) is 11.2. The molecule has 210 valence electrons. The molecule has 1 aliphatic heterocycles. The molecule has 6 rings (SSSR count). The van der Waals surface area contributed by atoms with Crippen molar-refractivity contribution in [1.82, 2.24) is 25.1 Å². The van der Waals surface area contributed by atoms with Gasteiger partial charge in [0.2, 0.25) is 5.95 Å². The Morgan fingerprint density at radius 1 is 1.10 bits per heavy atom. The summed E-state index contributed by atoms with van der Waals surface area (Å²) in [4.78, 5) is 31.8. The zero-order valence-electron chi connectivity index (χ0n) is 23.6. The Labute approximate surface area is 238 Å². The SMILES string of the molecule is CC(C)Oc1ccc(N2C(=O)[C@@H](C)N([C@H]3CC[C@H](C)CC3)c3nc(Nc4cnc5[nH]ncc5c4)ncc32)cc1C#N. The third kappa shape index (κ3) is 5.01. The Hall–Kier alpha value is -4.72. The molecule has 1 aliphatic carbocycles. The summed E-state index contributed by atoms with van der Waals surface area (Å²) in [5, 5.41) is 20.9. The number of fused-ring (bicyclic) bond motifs is 2. The van der Waals surface area contributed by atoms with Gasteiger partial charge in [0.25, 0.3) is 5.91 Å². The lowest BCUT2D eigenvalue weighted by Crippen LogP contribution is -2.55. The number of benzene rings is 1. The van der Waals surface area contributed by atoms with E-state index >= 15 is 0 Å². The number of aromatic amines is 1. The molecule has 1 amide bonds. The monoisotopic (exact) mass is 551 g/mol. The lowest BCUT2D eigenvalue weighted by atomic mass is 9.85. The van der Waals surface area contributed by atoms with Gasteiger partial charge in [-0.3, -0.25) is 14.8 Å². The first kappa shape index (κ1) is 26.5. The molecule has 41 heavy (non-hydrogen) atoms. The number of nitrogens with one attached hydrogen (secondary N) is 2. The normalized spacial score (nSPS) is 20.7. The van der Waals surface area contributed by atoms with Gasteiger partial charge in [-0.2, -0.15) is 15.3 Å². The van der Waals surface area contributed by atoms with Gasteiger partial charge >= 0.3 is 0 Å². The third-order valence-corrected chi connectivity index (χ3v) is 7.86. The Morgan fingerprint density at radius 3 is 2.66 bits per heavy atom. The lowest BCUT2D eigenvalue weighted by Gasteiger charge is -2.46. The molecular weight excluding hydrogens is 518 g/mol. The van der Waals surface area contributed by atoms with E-state index in [1.54, 1.807) is 35.6 Å². The second kappa shape index (κ2) is 10.7. The molecule has 0 saturated heterocycles. The highest BCUT2D eigenvalue weighted by atomic mass is 16.5. The number of hydrogen-bond donors (Lipinski definition) is 2. The number of H-pyrrole nitrogens is 1. The highest BCUT2D eigenvalue weighted by Gasteiger charge is 2.42. The number of amides is 1. The van der Waals surface area contributed by atoms with Gasteiger partial charge in [-0.25, -0.2) is 9.97 Å². The number of nitrogens with zero attached hydrogens (tertiary/aromatic N) is 7. The minimum atomic E-state index is -0.454. The van der Waals surface area contributed by atoms with Crippen LogP contribution in [0.1, 0.15) is 58.9 Å². The molecule has 1 saturated carbocycles. The van der Waals surface area contributed by atoms with Crippen molar-refractivity contribution in [1.29, 1.82) is 5.26 Å². The van der Waals surface area contributed by atoms with Crippen LogP contribution in [0.4, 0.5) is 28.8 Å². The molecule has 11 heteroatoms. The standard InChI is InChI=1S/C30H33N9O2/c1-17(2)41-26-10-9-24(12-20(26)13-31)39-25-16-33-30(35-22-11-21-14-34-37-27(21)32-15-22)36-28(25)38(19(4)29(39)40)23-7-5-18(3)6-8-23/h9-12,14-19,23H,5-8H2,1-4H3,(H,32,34,37)(H,33,35,36)/t18-,19-,23-/m1/s1. The van der Waals surface area contributed by atoms with Crippen LogP contribution >= 0.6 is 0 Å². The van der Waals surface area contributed by atoms with E-state index in [9.17, 15) is 10.1 Å². The number of aromatic nitrogens is 5. The summed E-state index contributed by atoms with van der Waals surface area (Å²) in [5.41, 5.74) is 2.95. The number of ether oxygens (including phenoxy) is 1. The molecule has 4 heterocycles.